The van der Waals surface area contributed by atoms with Crippen molar-refractivity contribution in [1.29, 1.82) is 0 Å². The van der Waals surface area contributed by atoms with E-state index in [0.717, 1.165) is 41.8 Å². The maximum absolute atomic E-state index is 12.8. The molecule has 0 radical (unpaired) electrons. The molecule has 1 saturated heterocycles. The average molecular weight is 1120 g/mol. The number of imidazole rings is 1. The van der Waals surface area contributed by atoms with Crippen molar-refractivity contribution < 1.29 is 80.5 Å². The van der Waals surface area contributed by atoms with Crippen molar-refractivity contribution in [3.05, 3.63) is 12.7 Å². The largest absolute Gasteiger partial charge is 0.481 e. The maximum atomic E-state index is 12.8. The molecule has 73 heavy (non-hydrogen) atoms. The van der Waals surface area contributed by atoms with E-state index in [2.05, 4.69) is 48.3 Å². The molecule has 10 N–H and O–H groups in total. The number of hydrogen-bond donors (Lipinski definition) is 9. The van der Waals surface area contributed by atoms with Crippen LogP contribution < -0.4 is 16.4 Å². The number of amides is 2. The molecule has 2 aromatic heterocycles. The number of rotatable bonds is 40. The van der Waals surface area contributed by atoms with E-state index in [9.17, 15) is 57.9 Å². The molecule has 1 aliphatic heterocycles. The van der Waals surface area contributed by atoms with Crippen LogP contribution in [0, 0.1) is 11.3 Å². The number of phosphoric ester groups is 3. The summed E-state index contributed by atoms with van der Waals surface area (Å²) in [7, 11) is -16.4. The molecule has 28 heteroatoms. The summed E-state index contributed by atoms with van der Waals surface area (Å²) in [5.74, 6) is -0.443. The number of nitrogens with zero attached hydrogens (tertiary/aromatic N) is 4. The van der Waals surface area contributed by atoms with Gasteiger partial charge in [0.25, 0.3) is 0 Å². The first-order valence-electron chi connectivity index (χ1n) is 25.5. The number of nitrogens with two attached hydrogens (primary N) is 1. The molecule has 0 spiro atoms. The number of hydrogen-bond acceptors (Lipinski definition) is 18. The van der Waals surface area contributed by atoms with Crippen LogP contribution in [0.4, 0.5) is 5.82 Å². The molecule has 8 atom stereocenters. The maximum Gasteiger partial charge on any atom is 0.481 e. The van der Waals surface area contributed by atoms with Crippen LogP contribution >= 0.6 is 35.2 Å². The number of unbranched alkanes of at least 4 members (excludes halogenated alkanes) is 15. The highest BCUT2D eigenvalue weighted by atomic mass is 32.2. The highest BCUT2D eigenvalue weighted by Crippen LogP contribution is 2.61. The molecular formula is C45H82N7O17P3S. The number of fused-ring (bicyclic) bond motifs is 1. The fourth-order valence-electron chi connectivity index (χ4n) is 8.15. The molecule has 8 unspecified atom stereocenters. The van der Waals surface area contributed by atoms with Gasteiger partial charge in [-0.25, -0.2) is 28.6 Å². The first-order chi connectivity index (χ1) is 34.4. The van der Waals surface area contributed by atoms with Crippen LogP contribution in [0.3, 0.4) is 0 Å². The van der Waals surface area contributed by atoms with Crippen LogP contribution in [0.15, 0.2) is 12.7 Å². The van der Waals surface area contributed by atoms with Gasteiger partial charge in [-0.05, 0) is 12.3 Å². The van der Waals surface area contributed by atoms with Crippen LogP contribution in [-0.2, 0) is 50.7 Å². The van der Waals surface area contributed by atoms with Gasteiger partial charge in [0, 0.05) is 37.1 Å². The number of anilines is 1. The number of carbonyl (C=O) groups is 3. The summed E-state index contributed by atoms with van der Waals surface area (Å²) in [5.41, 5.74) is 4.30. The lowest BCUT2D eigenvalue weighted by Gasteiger charge is -2.30. The Kier molecular flexibility index (Phi) is 29.3. The zero-order valence-corrected chi connectivity index (χ0v) is 46.3. The molecule has 2 aromatic rings. The second-order valence-corrected chi connectivity index (χ2v) is 24.8. The van der Waals surface area contributed by atoms with Gasteiger partial charge in [-0.3, -0.25) is 32.5 Å². The summed E-state index contributed by atoms with van der Waals surface area (Å²) in [6.45, 7) is 5.09. The third-order valence-electron chi connectivity index (χ3n) is 12.4. The first-order valence-corrected chi connectivity index (χ1v) is 31.0. The number of phosphoric acid groups is 3. The predicted molar refractivity (Wildman–Crippen MR) is 274 cm³/mol. The molecular weight excluding hydrogens is 1040 g/mol. The van der Waals surface area contributed by atoms with Crippen molar-refractivity contribution in [1.82, 2.24) is 30.2 Å². The van der Waals surface area contributed by atoms with E-state index in [-0.39, 0.29) is 41.6 Å². The lowest BCUT2D eigenvalue weighted by molar-refractivity contribution is -0.137. The van der Waals surface area contributed by atoms with Crippen molar-refractivity contribution in [3.8, 4) is 0 Å². The normalized spacial score (nSPS) is 19.9. The minimum atomic E-state index is -5.58. The number of nitrogens with one attached hydrogen (secondary N) is 2. The summed E-state index contributed by atoms with van der Waals surface area (Å²) >= 11 is 1.16. The van der Waals surface area contributed by atoms with Crippen LogP contribution in [-0.4, -0.2) is 123 Å². The number of carbonyl (C=O) groups excluding carboxylic acids is 3. The Balaban J connectivity index is 1.25. The highest BCUT2D eigenvalue weighted by Gasteiger charge is 2.50. The summed E-state index contributed by atoms with van der Waals surface area (Å²) in [6, 6.07) is 0. The summed E-state index contributed by atoms with van der Waals surface area (Å²) in [5, 5.41) is 26.8. The molecule has 2 amide bonds. The molecule has 0 aliphatic carbocycles. The fraction of sp³-hybridized carbons (Fsp3) is 0.822. The van der Waals surface area contributed by atoms with Gasteiger partial charge in [-0.15, -0.1) is 0 Å². The molecule has 1 aliphatic rings. The summed E-state index contributed by atoms with van der Waals surface area (Å²) < 4.78 is 62.6. The van der Waals surface area contributed by atoms with E-state index in [1.807, 2.05) is 0 Å². The Morgan fingerprint density at radius 1 is 0.822 bits per heavy atom. The number of aromatic nitrogens is 4. The van der Waals surface area contributed by atoms with Crippen LogP contribution in [0.5, 0.6) is 0 Å². The van der Waals surface area contributed by atoms with Gasteiger partial charge >= 0.3 is 23.5 Å². The SMILES string of the molecule is CCCCCCCCCCCCCCCCCCC(C)CCCC(=O)SCCNC(=O)CCNC(=O)C(O)C(C)(C)COP(=O)(O)OP(=O)(O)OCC1OC(n2cnc3c(N)ncnc32)C(O)C1OP(=O)(O)O. The van der Waals surface area contributed by atoms with Crippen LogP contribution in [0.2, 0.25) is 0 Å². The van der Waals surface area contributed by atoms with Crippen molar-refractivity contribution in [3.63, 3.8) is 0 Å². The lowest BCUT2D eigenvalue weighted by Crippen LogP contribution is -2.46. The van der Waals surface area contributed by atoms with Crippen molar-refractivity contribution in [2.24, 2.45) is 11.3 Å². The molecule has 0 saturated carbocycles. The Morgan fingerprint density at radius 2 is 1.40 bits per heavy atom. The quantitative estimate of drug-likeness (QED) is 0.0237. The van der Waals surface area contributed by atoms with Gasteiger partial charge in [-0.1, -0.05) is 155 Å². The van der Waals surface area contributed by atoms with Crippen LogP contribution in [0.25, 0.3) is 11.2 Å². The third kappa shape index (κ3) is 25.5. The van der Waals surface area contributed by atoms with E-state index < -0.39 is 84.6 Å². The van der Waals surface area contributed by atoms with Gasteiger partial charge in [0.1, 0.15) is 36.3 Å². The molecule has 3 rings (SSSR count). The second kappa shape index (κ2) is 33.0. The van der Waals surface area contributed by atoms with Gasteiger partial charge < -0.3 is 50.9 Å². The topological polar surface area (TPSA) is 364 Å². The summed E-state index contributed by atoms with van der Waals surface area (Å²) in [6.07, 6.45) is 18.2. The number of ether oxygens (including phenoxy) is 1. The van der Waals surface area contributed by atoms with E-state index >= 15 is 0 Å². The Labute approximate surface area is 433 Å². The zero-order valence-electron chi connectivity index (χ0n) is 42.8. The average Bonchev–Trinajstić information content (AvgIpc) is 3.88. The van der Waals surface area contributed by atoms with Gasteiger partial charge in [0.2, 0.25) is 11.8 Å². The molecule has 0 aromatic carbocycles. The molecule has 0 bridgehead atoms. The second-order valence-electron chi connectivity index (χ2n) is 19.4. The minimum Gasteiger partial charge on any atom is -0.386 e. The number of aliphatic hydroxyl groups excluding tert-OH is 2. The van der Waals surface area contributed by atoms with Gasteiger partial charge in [0.15, 0.2) is 22.8 Å². The van der Waals surface area contributed by atoms with E-state index in [0.29, 0.717) is 18.1 Å². The monoisotopic (exact) mass is 1120 g/mol. The zero-order chi connectivity index (χ0) is 54.1. The minimum absolute atomic E-state index is 0.0343. The molecule has 1 fully saturated rings. The highest BCUT2D eigenvalue weighted by molar-refractivity contribution is 8.13. The molecule has 420 valence electrons. The molecule has 24 nitrogen and oxygen atoms in total. The fourth-order valence-corrected chi connectivity index (χ4v) is 11.7. The Bertz CT molecular complexity index is 2120. The standard InChI is InChI=1S/C45H82N7O17P3S/c1-5-6-7-8-9-10-11-12-13-14-15-16-17-18-19-20-22-33(2)23-21-24-36(54)73-28-27-47-35(53)25-26-48-43(57)40(56)45(3,4)30-66-72(63,64)69-71(61,62)65-29-34-39(68-70(58,59)60)38(55)44(67-34)52-32-51-37-41(46)49-31-50-42(37)52/h31-34,38-40,44,55-56H,5-30H2,1-4H3,(H,47,53)(H,48,57)(H,61,62)(H,63,64)(H2,46,49,50)(H2,58,59,60). The number of thioether (sulfide) groups is 1. The molecule has 3 heterocycles. The summed E-state index contributed by atoms with van der Waals surface area (Å²) in [4.78, 5) is 88.8. The van der Waals surface area contributed by atoms with Crippen molar-refractivity contribution in [2.45, 2.75) is 193 Å². The van der Waals surface area contributed by atoms with E-state index in [4.69, 9.17) is 19.5 Å². The predicted octanol–water partition coefficient (Wildman–Crippen LogP) is 7.12. The Hall–Kier alpha value is -2.44. The van der Waals surface area contributed by atoms with Gasteiger partial charge in [0.05, 0.1) is 19.5 Å². The van der Waals surface area contributed by atoms with E-state index in [1.165, 1.54) is 123 Å². The van der Waals surface area contributed by atoms with Crippen molar-refractivity contribution >= 4 is 69.1 Å². The smallest absolute Gasteiger partial charge is 0.386 e. The van der Waals surface area contributed by atoms with E-state index in [1.54, 1.807) is 0 Å². The first kappa shape index (κ1) is 64.8. The third-order valence-corrected chi connectivity index (χ3v) is 16.4. The number of nitrogen functional groups attached to an aromatic ring is 1. The van der Waals surface area contributed by atoms with Crippen molar-refractivity contribution in [2.75, 3.05) is 37.8 Å². The van der Waals surface area contributed by atoms with Crippen LogP contribution in [0.1, 0.15) is 169 Å². The Morgan fingerprint density at radius 3 is 2.00 bits per heavy atom. The number of aliphatic hydroxyl groups is 2. The van der Waals surface area contributed by atoms with Gasteiger partial charge in [-0.2, -0.15) is 4.31 Å². The lowest BCUT2D eigenvalue weighted by atomic mass is 9.87.